The van der Waals surface area contributed by atoms with Crippen molar-refractivity contribution in [1.82, 2.24) is 9.88 Å². The summed E-state index contributed by atoms with van der Waals surface area (Å²) >= 11 is 1.68. The maximum atomic E-state index is 6.10. The first-order chi connectivity index (χ1) is 11.3. The van der Waals surface area contributed by atoms with Crippen LogP contribution in [0.5, 0.6) is 0 Å². The number of aliphatic imine (C=N–C) groups is 1. The summed E-state index contributed by atoms with van der Waals surface area (Å²) in [5.74, 6) is 0.646. The van der Waals surface area contributed by atoms with Gasteiger partial charge in [0.05, 0.1) is 12.7 Å². The second kappa shape index (κ2) is 10.4. The van der Waals surface area contributed by atoms with Crippen LogP contribution in [0.25, 0.3) is 0 Å². The van der Waals surface area contributed by atoms with Gasteiger partial charge < -0.3 is 25.0 Å². The molecule has 1 unspecified atom stereocenters. The molecule has 0 aromatic carbocycles. The zero-order chi connectivity index (χ0) is 15.9. The summed E-state index contributed by atoms with van der Waals surface area (Å²) in [6.07, 6.45) is 4.03. The minimum Gasteiger partial charge on any atom is -0.379 e. The topological polar surface area (TPSA) is 76.2 Å². The van der Waals surface area contributed by atoms with Gasteiger partial charge >= 0.3 is 0 Å². The van der Waals surface area contributed by atoms with Gasteiger partial charge in [-0.25, -0.2) is 4.98 Å². The summed E-state index contributed by atoms with van der Waals surface area (Å²) in [6.45, 7) is 6.66. The number of nitrogens with two attached hydrogens (primary N) is 1. The Morgan fingerprint density at radius 1 is 1.42 bits per heavy atom. The van der Waals surface area contributed by atoms with E-state index in [0.717, 1.165) is 64.0 Å². The van der Waals surface area contributed by atoms with Gasteiger partial charge in [-0.15, -0.1) is 35.3 Å². The molecule has 2 aliphatic heterocycles. The van der Waals surface area contributed by atoms with E-state index in [9.17, 15) is 0 Å². The van der Waals surface area contributed by atoms with Crippen molar-refractivity contribution in [1.29, 1.82) is 0 Å². The van der Waals surface area contributed by atoms with Crippen LogP contribution < -0.4 is 10.6 Å². The molecule has 2 N–H and O–H groups in total. The number of hydrogen-bond acceptors (Lipinski definition) is 6. The predicted octanol–water partition coefficient (Wildman–Crippen LogP) is 1.39. The van der Waals surface area contributed by atoms with E-state index in [2.05, 4.69) is 19.8 Å². The largest absolute Gasteiger partial charge is 0.379 e. The quantitative estimate of drug-likeness (QED) is 0.295. The van der Waals surface area contributed by atoms with Gasteiger partial charge in [0.25, 0.3) is 0 Å². The maximum Gasteiger partial charge on any atom is 0.191 e. The standard InChI is InChI=1S/C15H25N5O2S.HI/c16-14(17-3-1-9-22-13-2-10-21-12-13)19-5-7-20(8-6-19)15-18-4-11-23-15;/h4,11,13H,1-3,5-10,12H2,(H2,16,17);1H. The van der Waals surface area contributed by atoms with Crippen LogP contribution in [0.1, 0.15) is 12.8 Å². The number of rotatable bonds is 6. The van der Waals surface area contributed by atoms with Crippen LogP contribution in [0.2, 0.25) is 0 Å². The molecule has 0 bridgehead atoms. The van der Waals surface area contributed by atoms with Crippen LogP contribution in [0.4, 0.5) is 5.13 Å². The van der Waals surface area contributed by atoms with E-state index >= 15 is 0 Å². The highest BCUT2D eigenvalue weighted by molar-refractivity contribution is 14.0. The van der Waals surface area contributed by atoms with Crippen LogP contribution in [-0.4, -0.2) is 74.5 Å². The minimum atomic E-state index is 0. The second-order valence-electron chi connectivity index (χ2n) is 5.74. The Morgan fingerprint density at radius 3 is 2.92 bits per heavy atom. The number of guanidine groups is 1. The summed E-state index contributed by atoms with van der Waals surface area (Å²) in [5.41, 5.74) is 6.10. The van der Waals surface area contributed by atoms with E-state index < -0.39 is 0 Å². The SMILES string of the molecule is I.NC(=NCCCOC1CCOC1)N1CCN(c2nccs2)CC1. The Balaban J connectivity index is 0.00000208. The van der Waals surface area contributed by atoms with Gasteiger partial charge in [-0.1, -0.05) is 0 Å². The normalized spacial score (nSPS) is 21.8. The molecule has 9 heteroatoms. The molecule has 2 fully saturated rings. The third kappa shape index (κ3) is 5.71. The number of halogens is 1. The fourth-order valence-corrected chi connectivity index (χ4v) is 3.45. The number of nitrogens with zero attached hydrogens (tertiary/aromatic N) is 4. The molecular formula is C15H26IN5O2S. The first kappa shape index (κ1) is 19.7. The van der Waals surface area contributed by atoms with Crippen molar-refractivity contribution in [3.63, 3.8) is 0 Å². The lowest BCUT2D eigenvalue weighted by Gasteiger charge is -2.35. The number of anilines is 1. The molecular weight excluding hydrogens is 441 g/mol. The fraction of sp³-hybridized carbons (Fsp3) is 0.733. The lowest BCUT2D eigenvalue weighted by molar-refractivity contribution is 0.0424. The molecule has 0 radical (unpaired) electrons. The summed E-state index contributed by atoms with van der Waals surface area (Å²) < 4.78 is 11.0. The third-order valence-electron chi connectivity index (χ3n) is 4.11. The van der Waals surface area contributed by atoms with Gasteiger partial charge in [-0.2, -0.15) is 0 Å². The van der Waals surface area contributed by atoms with E-state index in [0.29, 0.717) is 12.5 Å². The number of aromatic nitrogens is 1. The molecule has 0 amide bonds. The molecule has 0 aliphatic carbocycles. The average molecular weight is 467 g/mol. The van der Waals surface area contributed by atoms with Gasteiger partial charge in [0, 0.05) is 57.5 Å². The molecule has 1 atom stereocenters. The first-order valence-electron chi connectivity index (χ1n) is 8.21. The van der Waals surface area contributed by atoms with Gasteiger partial charge in [0.1, 0.15) is 0 Å². The summed E-state index contributed by atoms with van der Waals surface area (Å²) in [6, 6.07) is 0. The van der Waals surface area contributed by atoms with E-state index in [1.807, 2.05) is 11.6 Å². The Labute approximate surface area is 164 Å². The lowest BCUT2D eigenvalue weighted by Crippen LogP contribution is -2.51. The Morgan fingerprint density at radius 2 is 2.25 bits per heavy atom. The fourth-order valence-electron chi connectivity index (χ4n) is 2.75. The molecule has 24 heavy (non-hydrogen) atoms. The van der Waals surface area contributed by atoms with Crippen LogP contribution in [0, 0.1) is 0 Å². The van der Waals surface area contributed by atoms with Gasteiger partial charge in [0.2, 0.25) is 0 Å². The Bertz CT molecular complexity index is 488. The molecule has 2 aliphatic rings. The van der Waals surface area contributed by atoms with Crippen LogP contribution in [-0.2, 0) is 9.47 Å². The molecule has 136 valence electrons. The van der Waals surface area contributed by atoms with Crippen LogP contribution >= 0.6 is 35.3 Å². The van der Waals surface area contributed by atoms with Gasteiger partial charge in [0.15, 0.2) is 11.1 Å². The highest BCUT2D eigenvalue weighted by Crippen LogP contribution is 2.18. The number of hydrogen-bond donors (Lipinski definition) is 1. The monoisotopic (exact) mass is 467 g/mol. The number of ether oxygens (including phenoxy) is 2. The highest BCUT2D eigenvalue weighted by atomic mass is 127. The molecule has 2 saturated heterocycles. The summed E-state index contributed by atoms with van der Waals surface area (Å²) in [7, 11) is 0. The van der Waals surface area contributed by atoms with E-state index in [-0.39, 0.29) is 30.1 Å². The molecule has 1 aromatic heterocycles. The smallest absolute Gasteiger partial charge is 0.191 e. The Kier molecular flexibility index (Phi) is 8.50. The third-order valence-corrected chi connectivity index (χ3v) is 4.94. The average Bonchev–Trinajstić information content (AvgIpc) is 3.28. The lowest BCUT2D eigenvalue weighted by atomic mass is 10.3. The van der Waals surface area contributed by atoms with Gasteiger partial charge in [-0.3, -0.25) is 4.99 Å². The van der Waals surface area contributed by atoms with Crippen LogP contribution in [0.15, 0.2) is 16.6 Å². The molecule has 7 nitrogen and oxygen atoms in total. The number of piperazine rings is 1. The maximum absolute atomic E-state index is 6.10. The zero-order valence-corrected chi connectivity index (χ0v) is 16.9. The van der Waals surface area contributed by atoms with E-state index in [4.69, 9.17) is 15.2 Å². The van der Waals surface area contributed by atoms with Gasteiger partial charge in [-0.05, 0) is 12.8 Å². The van der Waals surface area contributed by atoms with Crippen molar-refractivity contribution in [2.24, 2.45) is 10.7 Å². The molecule has 0 spiro atoms. The van der Waals surface area contributed by atoms with Crippen molar-refractivity contribution in [2.75, 3.05) is 57.4 Å². The zero-order valence-electron chi connectivity index (χ0n) is 13.8. The number of thiazole rings is 1. The second-order valence-corrected chi connectivity index (χ2v) is 6.61. The van der Waals surface area contributed by atoms with Crippen molar-refractivity contribution in [2.45, 2.75) is 18.9 Å². The minimum absolute atomic E-state index is 0. The van der Waals surface area contributed by atoms with Crippen molar-refractivity contribution < 1.29 is 9.47 Å². The van der Waals surface area contributed by atoms with Crippen molar-refractivity contribution in [3.05, 3.63) is 11.6 Å². The van der Waals surface area contributed by atoms with Crippen molar-refractivity contribution in [3.8, 4) is 0 Å². The van der Waals surface area contributed by atoms with Crippen LogP contribution in [0.3, 0.4) is 0 Å². The molecule has 0 saturated carbocycles. The Hall–Kier alpha value is -0.650. The summed E-state index contributed by atoms with van der Waals surface area (Å²) in [4.78, 5) is 13.3. The van der Waals surface area contributed by atoms with E-state index in [1.54, 1.807) is 11.3 Å². The molecule has 3 rings (SSSR count). The molecule has 3 heterocycles. The highest BCUT2D eigenvalue weighted by Gasteiger charge is 2.19. The van der Waals surface area contributed by atoms with E-state index in [1.165, 1.54) is 0 Å². The molecule has 1 aromatic rings. The predicted molar refractivity (Wildman–Crippen MR) is 108 cm³/mol. The first-order valence-corrected chi connectivity index (χ1v) is 9.09. The van der Waals surface area contributed by atoms with Crippen molar-refractivity contribution >= 4 is 46.4 Å². The summed E-state index contributed by atoms with van der Waals surface area (Å²) in [5, 5.41) is 3.10.